The molecular formula is C15H28N2O3. The van der Waals surface area contributed by atoms with E-state index >= 15 is 0 Å². The average molecular weight is 284 g/mol. The maximum absolute atomic E-state index is 12.7. The number of nitrogens with zero attached hydrogens (tertiary/aromatic N) is 1. The summed E-state index contributed by atoms with van der Waals surface area (Å²) in [6, 6.07) is -0.388. The van der Waals surface area contributed by atoms with Crippen molar-refractivity contribution in [3.05, 3.63) is 0 Å². The van der Waals surface area contributed by atoms with Gasteiger partial charge in [-0.3, -0.25) is 9.59 Å². The Balaban J connectivity index is 3.12. The van der Waals surface area contributed by atoms with Crippen LogP contribution in [0.2, 0.25) is 0 Å². The molecular weight excluding hydrogens is 256 g/mol. The molecule has 20 heavy (non-hydrogen) atoms. The van der Waals surface area contributed by atoms with Gasteiger partial charge in [-0.1, -0.05) is 20.8 Å². The molecule has 0 saturated carbocycles. The number of rotatable bonds is 7. The number of hydrogen-bond acceptors (Lipinski definition) is 3. The Labute approximate surface area is 122 Å². The fourth-order valence-electron chi connectivity index (χ4n) is 3.09. The molecule has 1 aliphatic heterocycles. The highest BCUT2D eigenvalue weighted by Crippen LogP contribution is 2.32. The molecule has 0 aromatic rings. The quantitative estimate of drug-likeness (QED) is 0.774. The zero-order valence-electron chi connectivity index (χ0n) is 13.4. The fraction of sp³-hybridized carbons (Fsp3) is 0.867. The van der Waals surface area contributed by atoms with E-state index in [0.29, 0.717) is 25.9 Å². The van der Waals surface area contributed by atoms with Crippen molar-refractivity contribution >= 4 is 11.8 Å². The van der Waals surface area contributed by atoms with Gasteiger partial charge in [-0.05, 0) is 32.6 Å². The number of hydrogen-bond donors (Lipinski definition) is 1. The number of amides is 2. The molecule has 116 valence electrons. The molecule has 5 heteroatoms. The van der Waals surface area contributed by atoms with Crippen LogP contribution in [0.4, 0.5) is 0 Å². The summed E-state index contributed by atoms with van der Waals surface area (Å²) < 4.78 is 5.12. The Morgan fingerprint density at radius 1 is 1.30 bits per heavy atom. The average Bonchev–Trinajstić information content (AvgIpc) is 2.46. The zero-order chi connectivity index (χ0) is 15.3. The van der Waals surface area contributed by atoms with E-state index in [1.165, 1.54) is 0 Å². The van der Waals surface area contributed by atoms with E-state index in [2.05, 4.69) is 5.32 Å². The molecule has 5 nitrogen and oxygen atoms in total. The molecule has 1 fully saturated rings. The Morgan fingerprint density at radius 3 is 2.35 bits per heavy atom. The van der Waals surface area contributed by atoms with Crippen LogP contribution >= 0.6 is 0 Å². The summed E-state index contributed by atoms with van der Waals surface area (Å²) in [7, 11) is 1.65. The fourth-order valence-corrected chi connectivity index (χ4v) is 3.09. The second kappa shape index (κ2) is 7.07. The number of carbonyl (C=O) groups excluding carboxylic acids is 2. The first-order valence-electron chi connectivity index (χ1n) is 7.61. The third-order valence-electron chi connectivity index (χ3n) is 4.48. The Bertz CT molecular complexity index is 353. The normalized spacial score (nSPS) is 23.6. The van der Waals surface area contributed by atoms with Gasteiger partial charge in [0.25, 0.3) is 0 Å². The minimum absolute atomic E-state index is 0.00227. The van der Waals surface area contributed by atoms with E-state index < -0.39 is 11.6 Å². The molecule has 0 aromatic heterocycles. The highest BCUT2D eigenvalue weighted by molar-refractivity contribution is 5.99. The van der Waals surface area contributed by atoms with Crippen molar-refractivity contribution in [3.63, 3.8) is 0 Å². The standard InChI is InChI=1S/C15H28N2O3/c1-6-12-13(18)17(11(4)9-10-20-5)15(7-2,8-3)14(19)16-12/h11-12H,6-10H2,1-5H3,(H,16,19). The molecule has 0 spiro atoms. The SMILES string of the molecule is CCC1NC(=O)C(CC)(CC)N(C(C)CCOC)C1=O. The second-order valence-electron chi connectivity index (χ2n) is 5.51. The summed E-state index contributed by atoms with van der Waals surface area (Å²) in [5.74, 6) is 0.0256. The van der Waals surface area contributed by atoms with E-state index in [9.17, 15) is 9.59 Å². The van der Waals surface area contributed by atoms with E-state index in [4.69, 9.17) is 4.74 Å². The monoisotopic (exact) mass is 284 g/mol. The van der Waals surface area contributed by atoms with Crippen LogP contribution in [-0.4, -0.2) is 48.1 Å². The first kappa shape index (κ1) is 17.0. The molecule has 0 bridgehead atoms. The molecule has 1 heterocycles. The Hall–Kier alpha value is -1.10. The third-order valence-corrected chi connectivity index (χ3v) is 4.48. The van der Waals surface area contributed by atoms with Gasteiger partial charge in [-0.25, -0.2) is 0 Å². The van der Waals surface area contributed by atoms with Gasteiger partial charge in [0.1, 0.15) is 11.6 Å². The van der Waals surface area contributed by atoms with Crippen molar-refractivity contribution < 1.29 is 14.3 Å². The molecule has 2 unspecified atom stereocenters. The van der Waals surface area contributed by atoms with Crippen LogP contribution in [-0.2, 0) is 14.3 Å². The predicted molar refractivity (Wildman–Crippen MR) is 78.3 cm³/mol. The van der Waals surface area contributed by atoms with Crippen molar-refractivity contribution in [1.82, 2.24) is 10.2 Å². The van der Waals surface area contributed by atoms with Gasteiger partial charge >= 0.3 is 0 Å². The van der Waals surface area contributed by atoms with Gasteiger partial charge in [0.15, 0.2) is 0 Å². The van der Waals surface area contributed by atoms with Crippen LogP contribution in [0.3, 0.4) is 0 Å². The molecule has 2 amide bonds. The van der Waals surface area contributed by atoms with E-state index in [1.807, 2.05) is 32.6 Å². The smallest absolute Gasteiger partial charge is 0.246 e. The lowest BCUT2D eigenvalue weighted by Crippen LogP contribution is -2.72. The lowest BCUT2D eigenvalue weighted by atomic mass is 9.84. The van der Waals surface area contributed by atoms with Gasteiger partial charge in [-0.15, -0.1) is 0 Å². The molecule has 2 atom stereocenters. The molecule has 1 N–H and O–H groups in total. The van der Waals surface area contributed by atoms with Gasteiger partial charge in [-0.2, -0.15) is 0 Å². The van der Waals surface area contributed by atoms with Gasteiger partial charge in [0.2, 0.25) is 11.8 Å². The van der Waals surface area contributed by atoms with Crippen molar-refractivity contribution in [2.45, 2.75) is 71.0 Å². The highest BCUT2D eigenvalue weighted by Gasteiger charge is 2.51. The van der Waals surface area contributed by atoms with Gasteiger partial charge < -0.3 is 15.0 Å². The molecule has 0 aliphatic carbocycles. The van der Waals surface area contributed by atoms with Crippen molar-refractivity contribution in [1.29, 1.82) is 0 Å². The number of ether oxygens (including phenoxy) is 1. The summed E-state index contributed by atoms with van der Waals surface area (Å²) in [6.07, 6.45) is 2.64. The third kappa shape index (κ3) is 2.82. The summed E-state index contributed by atoms with van der Waals surface area (Å²) >= 11 is 0. The van der Waals surface area contributed by atoms with Crippen molar-refractivity contribution in [3.8, 4) is 0 Å². The number of methoxy groups -OCH3 is 1. The molecule has 1 aliphatic rings. The first-order chi connectivity index (χ1) is 9.48. The van der Waals surface area contributed by atoms with Crippen LogP contribution in [0.15, 0.2) is 0 Å². The maximum atomic E-state index is 12.7. The molecule has 1 rings (SSSR count). The number of carbonyl (C=O) groups is 2. The van der Waals surface area contributed by atoms with Crippen LogP contribution < -0.4 is 5.32 Å². The van der Waals surface area contributed by atoms with E-state index in [1.54, 1.807) is 7.11 Å². The number of piperazine rings is 1. The second-order valence-corrected chi connectivity index (χ2v) is 5.51. The Morgan fingerprint density at radius 2 is 1.90 bits per heavy atom. The summed E-state index contributed by atoms with van der Waals surface area (Å²) in [5, 5.41) is 2.89. The first-order valence-corrected chi connectivity index (χ1v) is 7.61. The summed E-state index contributed by atoms with van der Waals surface area (Å²) in [4.78, 5) is 27.1. The zero-order valence-corrected chi connectivity index (χ0v) is 13.4. The molecule has 0 radical (unpaired) electrons. The van der Waals surface area contributed by atoms with E-state index in [0.717, 1.165) is 6.42 Å². The minimum atomic E-state index is -0.712. The lowest BCUT2D eigenvalue weighted by Gasteiger charge is -2.50. The topological polar surface area (TPSA) is 58.6 Å². The summed E-state index contributed by atoms with van der Waals surface area (Å²) in [6.45, 7) is 8.46. The number of nitrogens with one attached hydrogen (secondary N) is 1. The van der Waals surface area contributed by atoms with E-state index in [-0.39, 0.29) is 17.9 Å². The van der Waals surface area contributed by atoms with Crippen LogP contribution in [0.1, 0.15) is 53.4 Å². The predicted octanol–water partition coefficient (Wildman–Crippen LogP) is 1.71. The van der Waals surface area contributed by atoms with Gasteiger partial charge in [0, 0.05) is 19.8 Å². The lowest BCUT2D eigenvalue weighted by molar-refractivity contribution is -0.162. The Kier molecular flexibility index (Phi) is 5.99. The van der Waals surface area contributed by atoms with Crippen molar-refractivity contribution in [2.75, 3.05) is 13.7 Å². The largest absolute Gasteiger partial charge is 0.385 e. The molecule has 1 saturated heterocycles. The molecule has 0 aromatic carbocycles. The van der Waals surface area contributed by atoms with Crippen LogP contribution in [0.5, 0.6) is 0 Å². The van der Waals surface area contributed by atoms with Gasteiger partial charge in [0.05, 0.1) is 0 Å². The summed E-state index contributed by atoms with van der Waals surface area (Å²) in [5.41, 5.74) is -0.712. The van der Waals surface area contributed by atoms with Crippen LogP contribution in [0, 0.1) is 0 Å². The maximum Gasteiger partial charge on any atom is 0.246 e. The highest BCUT2D eigenvalue weighted by atomic mass is 16.5. The van der Waals surface area contributed by atoms with Crippen LogP contribution in [0.25, 0.3) is 0 Å². The minimum Gasteiger partial charge on any atom is -0.385 e. The van der Waals surface area contributed by atoms with Crippen molar-refractivity contribution in [2.24, 2.45) is 0 Å².